The van der Waals surface area contributed by atoms with Crippen molar-refractivity contribution in [2.75, 3.05) is 32.8 Å². The molecule has 1 aromatic heterocycles. The SMILES string of the molecule is COc1ccc(OCCOc2c(Br)cc(/C=C(/C#N)C(=O)Nc3nc(-c4ccccc4)cs3)cc2OC)cc1. The summed E-state index contributed by atoms with van der Waals surface area (Å²) in [7, 11) is 3.12. The summed E-state index contributed by atoms with van der Waals surface area (Å²) < 4.78 is 22.8. The van der Waals surface area contributed by atoms with Gasteiger partial charge in [-0.25, -0.2) is 4.98 Å². The molecule has 0 aliphatic carbocycles. The van der Waals surface area contributed by atoms with Crippen molar-refractivity contribution in [3.63, 3.8) is 0 Å². The smallest absolute Gasteiger partial charge is 0.268 e. The Balaban J connectivity index is 1.40. The van der Waals surface area contributed by atoms with Crippen molar-refractivity contribution in [2.24, 2.45) is 0 Å². The largest absolute Gasteiger partial charge is 0.497 e. The molecule has 0 radical (unpaired) electrons. The van der Waals surface area contributed by atoms with Gasteiger partial charge in [0, 0.05) is 10.9 Å². The van der Waals surface area contributed by atoms with Crippen molar-refractivity contribution < 1.29 is 23.7 Å². The second-order valence-corrected chi connectivity index (χ2v) is 9.65. The number of hydrogen-bond donors (Lipinski definition) is 1. The number of nitrogens with zero attached hydrogens (tertiary/aromatic N) is 2. The summed E-state index contributed by atoms with van der Waals surface area (Å²) in [5, 5.41) is 14.6. The summed E-state index contributed by atoms with van der Waals surface area (Å²) in [6.07, 6.45) is 1.48. The number of carbonyl (C=O) groups is 1. The molecule has 0 saturated heterocycles. The van der Waals surface area contributed by atoms with Gasteiger partial charge >= 0.3 is 0 Å². The van der Waals surface area contributed by atoms with E-state index in [-0.39, 0.29) is 12.2 Å². The average molecular weight is 606 g/mol. The third-order valence-electron chi connectivity index (χ3n) is 5.38. The van der Waals surface area contributed by atoms with E-state index in [0.717, 1.165) is 17.0 Å². The van der Waals surface area contributed by atoms with Crippen molar-refractivity contribution in [3.05, 3.63) is 87.7 Å². The van der Waals surface area contributed by atoms with Gasteiger partial charge in [-0.15, -0.1) is 11.3 Å². The van der Waals surface area contributed by atoms with Crippen molar-refractivity contribution in [1.29, 1.82) is 5.26 Å². The van der Waals surface area contributed by atoms with Crippen LogP contribution in [0.5, 0.6) is 23.0 Å². The number of benzene rings is 3. The van der Waals surface area contributed by atoms with E-state index in [0.29, 0.717) is 39.0 Å². The molecule has 198 valence electrons. The minimum absolute atomic E-state index is 0.0815. The number of nitrogens with one attached hydrogen (secondary N) is 1. The molecule has 1 N–H and O–H groups in total. The summed E-state index contributed by atoms with van der Waals surface area (Å²) >= 11 is 4.79. The number of carbonyl (C=O) groups excluding carboxylic acids is 1. The van der Waals surface area contributed by atoms with Crippen molar-refractivity contribution in [2.45, 2.75) is 0 Å². The van der Waals surface area contributed by atoms with E-state index in [9.17, 15) is 10.1 Å². The number of amides is 1. The fourth-order valence-corrected chi connectivity index (χ4v) is 4.78. The number of hydrogen-bond acceptors (Lipinski definition) is 8. The normalized spacial score (nSPS) is 10.9. The van der Waals surface area contributed by atoms with Crippen LogP contribution in [-0.2, 0) is 4.79 Å². The minimum atomic E-state index is -0.558. The second-order valence-electron chi connectivity index (χ2n) is 7.93. The highest BCUT2D eigenvalue weighted by molar-refractivity contribution is 9.10. The number of halogens is 1. The van der Waals surface area contributed by atoms with E-state index in [1.54, 1.807) is 19.2 Å². The lowest BCUT2D eigenvalue weighted by Crippen LogP contribution is -2.13. The van der Waals surface area contributed by atoms with Gasteiger partial charge in [0.1, 0.15) is 36.4 Å². The molecule has 0 aliphatic heterocycles. The molecule has 0 aliphatic rings. The molecule has 4 rings (SSSR count). The molecule has 0 unspecified atom stereocenters. The highest BCUT2D eigenvalue weighted by Crippen LogP contribution is 2.37. The maximum absolute atomic E-state index is 12.8. The summed E-state index contributed by atoms with van der Waals surface area (Å²) in [5.74, 6) is 1.80. The molecule has 0 bridgehead atoms. The van der Waals surface area contributed by atoms with Gasteiger partial charge in [0.2, 0.25) is 0 Å². The van der Waals surface area contributed by atoms with Crippen LogP contribution in [0.3, 0.4) is 0 Å². The van der Waals surface area contributed by atoms with Gasteiger partial charge in [0.25, 0.3) is 5.91 Å². The molecule has 8 nitrogen and oxygen atoms in total. The first kappa shape index (κ1) is 27.7. The van der Waals surface area contributed by atoms with Crippen LogP contribution in [0, 0.1) is 11.3 Å². The van der Waals surface area contributed by atoms with Gasteiger partial charge in [0.05, 0.1) is 24.4 Å². The summed E-state index contributed by atoms with van der Waals surface area (Å²) in [4.78, 5) is 17.3. The second kappa shape index (κ2) is 13.5. The third-order valence-corrected chi connectivity index (χ3v) is 6.73. The molecule has 39 heavy (non-hydrogen) atoms. The van der Waals surface area contributed by atoms with Crippen LogP contribution in [0.2, 0.25) is 0 Å². The molecule has 4 aromatic rings. The van der Waals surface area contributed by atoms with Crippen molar-refractivity contribution in [3.8, 4) is 40.3 Å². The Labute approximate surface area is 238 Å². The van der Waals surface area contributed by atoms with E-state index in [1.165, 1.54) is 24.5 Å². The number of rotatable bonds is 11. The number of ether oxygens (including phenoxy) is 4. The van der Waals surface area contributed by atoms with Crippen LogP contribution in [0.15, 0.2) is 82.2 Å². The average Bonchev–Trinajstić information content (AvgIpc) is 3.43. The lowest BCUT2D eigenvalue weighted by atomic mass is 10.1. The van der Waals surface area contributed by atoms with Gasteiger partial charge in [0.15, 0.2) is 16.6 Å². The quantitative estimate of drug-likeness (QED) is 0.117. The summed E-state index contributed by atoms with van der Waals surface area (Å²) in [5.41, 5.74) is 2.19. The minimum Gasteiger partial charge on any atom is -0.497 e. The predicted molar refractivity (Wildman–Crippen MR) is 154 cm³/mol. The molecule has 10 heteroatoms. The zero-order chi connectivity index (χ0) is 27.6. The molecule has 0 atom stereocenters. The van der Waals surface area contributed by atoms with Crippen LogP contribution in [-0.4, -0.2) is 38.3 Å². The van der Waals surface area contributed by atoms with E-state index in [2.05, 4.69) is 26.2 Å². The van der Waals surface area contributed by atoms with Crippen molar-refractivity contribution in [1.82, 2.24) is 4.98 Å². The Kier molecular flexibility index (Phi) is 9.56. The number of nitriles is 1. The van der Waals surface area contributed by atoms with Crippen LogP contribution < -0.4 is 24.3 Å². The van der Waals surface area contributed by atoms with Crippen LogP contribution in [0.25, 0.3) is 17.3 Å². The topological polar surface area (TPSA) is 103 Å². The third kappa shape index (κ3) is 7.37. The van der Waals surface area contributed by atoms with E-state index in [1.807, 2.05) is 66.0 Å². The predicted octanol–water partition coefficient (Wildman–Crippen LogP) is 6.59. The van der Waals surface area contributed by atoms with Gasteiger partial charge in [-0.3, -0.25) is 10.1 Å². The summed E-state index contributed by atoms with van der Waals surface area (Å²) in [6.45, 7) is 0.575. The van der Waals surface area contributed by atoms with Crippen LogP contribution in [0.4, 0.5) is 5.13 Å². The molecular formula is C29H24BrN3O5S. The Bertz CT molecular complexity index is 1500. The van der Waals surface area contributed by atoms with Gasteiger partial charge in [-0.05, 0) is 64.0 Å². The number of anilines is 1. The Morgan fingerprint density at radius 1 is 1.03 bits per heavy atom. The summed E-state index contributed by atoms with van der Waals surface area (Å²) in [6, 6.07) is 22.3. The first-order valence-electron chi connectivity index (χ1n) is 11.7. The molecule has 0 spiro atoms. The number of aromatic nitrogens is 1. The van der Waals surface area contributed by atoms with Crippen molar-refractivity contribution >= 4 is 44.4 Å². The lowest BCUT2D eigenvalue weighted by molar-refractivity contribution is -0.112. The van der Waals surface area contributed by atoms with E-state index >= 15 is 0 Å². The first-order chi connectivity index (χ1) is 19.0. The van der Waals surface area contributed by atoms with Gasteiger partial charge in [-0.1, -0.05) is 30.3 Å². The van der Waals surface area contributed by atoms with E-state index in [4.69, 9.17) is 18.9 Å². The highest BCUT2D eigenvalue weighted by Gasteiger charge is 2.15. The van der Waals surface area contributed by atoms with Crippen LogP contribution in [0.1, 0.15) is 5.56 Å². The monoisotopic (exact) mass is 605 g/mol. The van der Waals surface area contributed by atoms with Crippen LogP contribution >= 0.6 is 27.3 Å². The maximum Gasteiger partial charge on any atom is 0.268 e. The number of methoxy groups -OCH3 is 2. The van der Waals surface area contributed by atoms with Gasteiger partial charge < -0.3 is 18.9 Å². The zero-order valence-electron chi connectivity index (χ0n) is 21.1. The molecule has 1 amide bonds. The fraction of sp³-hybridized carbons (Fsp3) is 0.138. The molecule has 1 heterocycles. The molecule has 0 fully saturated rings. The van der Waals surface area contributed by atoms with Gasteiger partial charge in [-0.2, -0.15) is 5.26 Å². The Morgan fingerprint density at radius 2 is 1.74 bits per heavy atom. The maximum atomic E-state index is 12.8. The highest BCUT2D eigenvalue weighted by atomic mass is 79.9. The standard InChI is InChI=1S/C29H24BrN3O5S/c1-35-22-8-10-23(11-9-22)37-12-13-38-27-24(30)15-19(16-26(27)36-2)14-21(17-31)28(34)33-29-32-25(18-39-29)20-6-4-3-5-7-20/h3-11,14-16,18H,12-13H2,1-2H3,(H,32,33,34)/b21-14-. The number of thiazole rings is 1. The van der Waals surface area contributed by atoms with E-state index < -0.39 is 5.91 Å². The Hall–Kier alpha value is -4.33. The fourth-order valence-electron chi connectivity index (χ4n) is 3.49. The zero-order valence-corrected chi connectivity index (χ0v) is 23.5. The Morgan fingerprint density at radius 3 is 2.44 bits per heavy atom. The molecular weight excluding hydrogens is 582 g/mol. The molecule has 3 aromatic carbocycles. The first-order valence-corrected chi connectivity index (χ1v) is 13.4. The lowest BCUT2D eigenvalue weighted by Gasteiger charge is -2.14. The molecule has 0 saturated carbocycles.